The van der Waals surface area contributed by atoms with Crippen LogP contribution in [0.5, 0.6) is 0 Å². The number of carbonyl (C=O) groups is 3. The van der Waals surface area contributed by atoms with Crippen molar-refractivity contribution in [1.82, 2.24) is 4.90 Å². The number of nitrogens with two attached hydrogens (primary N) is 1. The van der Waals surface area contributed by atoms with E-state index in [1.807, 2.05) is 0 Å². The van der Waals surface area contributed by atoms with E-state index in [-0.39, 0.29) is 32.5 Å². The van der Waals surface area contributed by atoms with E-state index >= 15 is 0 Å². The molecule has 34 heavy (non-hydrogen) atoms. The Morgan fingerprint density at radius 3 is 1.71 bits per heavy atom. The zero-order valence-corrected chi connectivity index (χ0v) is 21.3. The maximum Gasteiger partial charge on any atom is 0.510 e. The summed E-state index contributed by atoms with van der Waals surface area (Å²) < 4.78 is 47.3. The quantitative estimate of drug-likeness (QED) is 0.107. The highest BCUT2D eigenvalue weighted by atomic mass is 31.2. The number of aliphatic carboxylic acids is 1. The average Bonchev–Trinajstić information content (AvgIpc) is 2.75. The smallest absolute Gasteiger partial charge is 0.480 e. The number of nitrogens with zero attached hydrogens (tertiary/aromatic N) is 2. The molecule has 0 spiro atoms. The van der Waals surface area contributed by atoms with Crippen LogP contribution in [0.15, 0.2) is 4.76 Å². The molecule has 0 aliphatic carbocycles. The molecule has 3 atom stereocenters. The second-order valence-electron chi connectivity index (χ2n) is 6.67. The molecule has 0 saturated heterocycles. The lowest BCUT2D eigenvalue weighted by Crippen LogP contribution is -2.46. The zero-order valence-electron chi connectivity index (χ0n) is 20.4. The van der Waals surface area contributed by atoms with Gasteiger partial charge in [-0.25, -0.2) is 28.0 Å². The molecule has 0 aromatic heterocycles. The van der Waals surface area contributed by atoms with Crippen LogP contribution in [-0.2, 0) is 37.4 Å². The Labute approximate surface area is 199 Å². The molecular formula is C19H36N3O11P. The summed E-state index contributed by atoms with van der Waals surface area (Å²) in [6, 6.07) is -1.07. The van der Waals surface area contributed by atoms with Gasteiger partial charge in [-0.1, -0.05) is 27.2 Å². The number of hydrogen-bond donors (Lipinski definition) is 2. The molecule has 0 rings (SSSR count). The Kier molecular flexibility index (Phi) is 14.9. The van der Waals surface area contributed by atoms with E-state index in [4.69, 9.17) is 24.3 Å². The fourth-order valence-corrected chi connectivity index (χ4v) is 3.87. The fourth-order valence-electron chi connectivity index (χ4n) is 2.36. The number of ether oxygens (including phenoxy) is 4. The van der Waals surface area contributed by atoms with Crippen molar-refractivity contribution in [1.29, 1.82) is 0 Å². The maximum atomic E-state index is 13.5. The van der Waals surface area contributed by atoms with Gasteiger partial charge in [0, 0.05) is 19.9 Å². The first kappa shape index (κ1) is 31.4. The van der Waals surface area contributed by atoms with E-state index in [1.54, 1.807) is 34.6 Å². The standard InChI is InChI=1S/C19H36N3O11P/c1-7-12-13(16(23)24)22(6)17(20)21-34(27,32-14(8-2)30-18(25)28-10-4)33-15(9-3)31-19(26)29-11-5/h13-15H,7-12H2,1-6H3,(H,23,24)(H2,20,21,27). The molecule has 0 saturated carbocycles. The fraction of sp³-hybridized carbons (Fsp3) is 0.789. The van der Waals surface area contributed by atoms with Gasteiger partial charge in [-0.15, -0.1) is 4.76 Å². The number of carboxylic acids is 1. The van der Waals surface area contributed by atoms with Crippen LogP contribution in [0.1, 0.15) is 60.3 Å². The molecule has 0 aromatic rings. The number of guanidine groups is 1. The van der Waals surface area contributed by atoms with E-state index in [0.717, 1.165) is 4.90 Å². The molecule has 0 aliphatic heterocycles. The third-order valence-electron chi connectivity index (χ3n) is 4.05. The summed E-state index contributed by atoms with van der Waals surface area (Å²) in [6.07, 6.45) is -4.26. The van der Waals surface area contributed by atoms with Gasteiger partial charge in [-0.3, -0.25) is 0 Å². The van der Waals surface area contributed by atoms with Gasteiger partial charge in [-0.2, -0.15) is 0 Å². The zero-order chi connectivity index (χ0) is 26.3. The third-order valence-corrected chi connectivity index (χ3v) is 5.50. The first-order chi connectivity index (χ1) is 16.0. The summed E-state index contributed by atoms with van der Waals surface area (Å²) in [5.74, 6) is -1.66. The molecule has 198 valence electrons. The van der Waals surface area contributed by atoms with E-state index in [0.29, 0.717) is 6.42 Å². The second kappa shape index (κ2) is 16.1. The van der Waals surface area contributed by atoms with Crippen LogP contribution in [0.3, 0.4) is 0 Å². The van der Waals surface area contributed by atoms with E-state index in [1.165, 1.54) is 7.05 Å². The largest absolute Gasteiger partial charge is 0.510 e. The number of carbonyl (C=O) groups excluding carboxylic acids is 2. The van der Waals surface area contributed by atoms with Crippen LogP contribution >= 0.6 is 7.75 Å². The van der Waals surface area contributed by atoms with Crippen LogP contribution in [0, 0.1) is 0 Å². The van der Waals surface area contributed by atoms with Crippen molar-refractivity contribution in [2.75, 3.05) is 20.3 Å². The van der Waals surface area contributed by atoms with Crippen molar-refractivity contribution in [2.24, 2.45) is 10.5 Å². The molecule has 0 bridgehead atoms. The number of rotatable bonds is 15. The van der Waals surface area contributed by atoms with Gasteiger partial charge in [-0.05, 0) is 20.3 Å². The normalized spacial score (nSPS) is 15.9. The van der Waals surface area contributed by atoms with E-state index in [2.05, 4.69) is 14.2 Å². The minimum Gasteiger partial charge on any atom is -0.480 e. The number of hydrogen-bond acceptors (Lipinski definition) is 10. The SMILES string of the molecule is CCCC(C(=O)O)N(C)C(N)=NP(=O)(OC(CC)OC(=O)OCC)OC(CC)OC(=O)OCC. The summed E-state index contributed by atoms with van der Waals surface area (Å²) >= 11 is 0. The van der Waals surface area contributed by atoms with Gasteiger partial charge in [0.15, 0.2) is 0 Å². The highest BCUT2D eigenvalue weighted by Crippen LogP contribution is 2.53. The molecule has 0 aromatic carbocycles. The van der Waals surface area contributed by atoms with Crippen molar-refractivity contribution < 1.29 is 52.1 Å². The lowest BCUT2D eigenvalue weighted by molar-refractivity contribution is -0.141. The molecule has 0 aliphatic rings. The van der Waals surface area contributed by atoms with Crippen LogP contribution in [0.25, 0.3) is 0 Å². The molecule has 3 unspecified atom stereocenters. The number of likely N-dealkylation sites (N-methyl/N-ethyl adjacent to an activating group) is 1. The van der Waals surface area contributed by atoms with Gasteiger partial charge >= 0.3 is 26.0 Å². The third kappa shape index (κ3) is 11.5. The molecule has 0 heterocycles. The van der Waals surface area contributed by atoms with Gasteiger partial charge in [0.2, 0.25) is 18.5 Å². The van der Waals surface area contributed by atoms with Gasteiger partial charge < -0.3 is 34.7 Å². The minimum absolute atomic E-state index is 0.0144. The van der Waals surface area contributed by atoms with Gasteiger partial charge in [0.1, 0.15) is 6.04 Å². The van der Waals surface area contributed by atoms with Gasteiger partial charge in [0.05, 0.1) is 13.2 Å². The highest BCUT2D eigenvalue weighted by molar-refractivity contribution is 7.52. The molecule has 3 N–H and O–H groups in total. The molecule has 15 heteroatoms. The minimum atomic E-state index is -4.65. The van der Waals surface area contributed by atoms with E-state index in [9.17, 15) is 24.1 Å². The Hall–Kier alpha value is -2.57. The van der Waals surface area contributed by atoms with Crippen molar-refractivity contribution in [2.45, 2.75) is 78.9 Å². The predicted molar refractivity (Wildman–Crippen MR) is 120 cm³/mol. The molecular weight excluding hydrogens is 477 g/mol. The lowest BCUT2D eigenvalue weighted by Gasteiger charge is -2.28. The summed E-state index contributed by atoms with van der Waals surface area (Å²) in [5, 5.41) is 9.46. The highest BCUT2D eigenvalue weighted by Gasteiger charge is 2.37. The summed E-state index contributed by atoms with van der Waals surface area (Å²) in [6.45, 7) is 8.07. The molecule has 0 amide bonds. The summed E-state index contributed by atoms with van der Waals surface area (Å²) in [4.78, 5) is 36.0. The van der Waals surface area contributed by atoms with Crippen LogP contribution in [0.2, 0.25) is 0 Å². The van der Waals surface area contributed by atoms with Crippen molar-refractivity contribution >= 4 is 32.0 Å². The van der Waals surface area contributed by atoms with Gasteiger partial charge in [0.25, 0.3) is 0 Å². The Bertz CT molecular complexity index is 700. The Morgan fingerprint density at radius 2 is 1.38 bits per heavy atom. The van der Waals surface area contributed by atoms with E-state index < -0.39 is 50.6 Å². The maximum absolute atomic E-state index is 13.5. The summed E-state index contributed by atoms with van der Waals surface area (Å²) in [5.41, 5.74) is 5.92. The molecule has 14 nitrogen and oxygen atoms in total. The van der Waals surface area contributed by atoms with Crippen LogP contribution in [0.4, 0.5) is 9.59 Å². The Balaban J connectivity index is 6.03. The summed E-state index contributed by atoms with van der Waals surface area (Å²) in [7, 11) is -3.31. The van der Waals surface area contributed by atoms with Crippen LogP contribution < -0.4 is 5.73 Å². The Morgan fingerprint density at radius 1 is 0.941 bits per heavy atom. The van der Waals surface area contributed by atoms with Crippen molar-refractivity contribution in [3.05, 3.63) is 0 Å². The molecule has 0 radical (unpaired) electrons. The topological polar surface area (TPSA) is 186 Å². The first-order valence-corrected chi connectivity index (χ1v) is 12.4. The predicted octanol–water partition coefficient (Wildman–Crippen LogP) is 3.45. The second-order valence-corrected chi connectivity index (χ2v) is 8.23. The average molecular weight is 513 g/mol. The van der Waals surface area contributed by atoms with Crippen LogP contribution in [-0.4, -0.2) is 73.1 Å². The number of carboxylic acid groups (broad SMARTS) is 1. The van der Waals surface area contributed by atoms with Crippen molar-refractivity contribution in [3.8, 4) is 0 Å². The monoisotopic (exact) mass is 513 g/mol. The first-order valence-electron chi connectivity index (χ1n) is 10.9. The lowest BCUT2D eigenvalue weighted by atomic mass is 10.1. The van der Waals surface area contributed by atoms with Crippen molar-refractivity contribution in [3.63, 3.8) is 0 Å². The molecule has 0 fully saturated rings.